The van der Waals surface area contributed by atoms with E-state index in [1.807, 2.05) is 37.4 Å². The molecule has 238 valence electrons. The molecule has 3 aromatic rings. The van der Waals surface area contributed by atoms with E-state index in [-0.39, 0.29) is 11.4 Å². The van der Waals surface area contributed by atoms with E-state index in [0.717, 1.165) is 97.3 Å². The van der Waals surface area contributed by atoms with Crippen molar-refractivity contribution in [3.05, 3.63) is 105 Å². The molecule has 2 amide bonds. The maximum absolute atomic E-state index is 14.3. The highest BCUT2D eigenvalue weighted by Gasteiger charge is 3.03. The highest BCUT2D eigenvalue weighted by molar-refractivity contribution is 5.94. The summed E-state index contributed by atoms with van der Waals surface area (Å²) in [4.78, 5) is 25.6. The third kappa shape index (κ3) is 3.73. The maximum Gasteiger partial charge on any atom is 0.274 e. The van der Waals surface area contributed by atoms with Crippen LogP contribution < -0.4 is 11.0 Å². The first-order valence-electron chi connectivity index (χ1n) is 16.4. The number of fused-ring (bicyclic) bond motifs is 2. The van der Waals surface area contributed by atoms with Gasteiger partial charge in [0, 0.05) is 57.4 Å². The fourth-order valence-electron chi connectivity index (χ4n) is 11.2. The van der Waals surface area contributed by atoms with Gasteiger partial charge in [-0.3, -0.25) is 24.9 Å². The van der Waals surface area contributed by atoms with Crippen LogP contribution in [0.15, 0.2) is 60.7 Å². The highest BCUT2D eigenvalue weighted by atomic mass is 19.1. The molecule has 3 aromatic carbocycles. The van der Waals surface area contributed by atoms with Gasteiger partial charge in [-0.2, -0.15) is 0 Å². The second-order valence-corrected chi connectivity index (χ2v) is 14.5. The summed E-state index contributed by atoms with van der Waals surface area (Å²) in [5, 5.41) is 22.0. The molecule has 10 heteroatoms. The second kappa shape index (κ2) is 10.2. The van der Waals surface area contributed by atoms with E-state index in [0.29, 0.717) is 11.0 Å². The van der Waals surface area contributed by atoms with E-state index < -0.39 is 11.8 Å². The number of carbonyl (C=O) groups excluding carboxylic acids is 2. The average molecular weight is 624 g/mol. The summed E-state index contributed by atoms with van der Waals surface area (Å²) in [6, 6.07) is 18.9. The smallest absolute Gasteiger partial charge is 0.274 e. The SMILES string of the molecule is CN1Cc2cc(C(=O)NO)ccc2CN1Cc1ccccc1.O=C(NO)c1cc(F)c2c(c1)CN(CC13C4C5C6C4C1C6C53)CC2. The van der Waals surface area contributed by atoms with Gasteiger partial charge in [-0.25, -0.2) is 25.4 Å². The van der Waals surface area contributed by atoms with Crippen molar-refractivity contribution in [2.45, 2.75) is 32.6 Å². The fraction of sp³-hybridized carbons (Fsp3) is 0.444. The van der Waals surface area contributed by atoms with Crippen molar-refractivity contribution in [1.29, 1.82) is 0 Å². The fourth-order valence-corrected chi connectivity index (χ4v) is 11.2. The van der Waals surface area contributed by atoms with Crippen LogP contribution in [0.2, 0.25) is 0 Å². The van der Waals surface area contributed by atoms with Crippen LogP contribution in [0.1, 0.15) is 48.5 Å². The summed E-state index contributed by atoms with van der Waals surface area (Å²) in [5.74, 6) is 6.10. The largest absolute Gasteiger partial charge is 0.298 e. The minimum absolute atomic E-state index is 0.201. The molecule has 2 heterocycles. The number of nitrogens with zero attached hydrogens (tertiary/aromatic N) is 3. The van der Waals surface area contributed by atoms with Crippen molar-refractivity contribution in [3.63, 3.8) is 0 Å². The van der Waals surface area contributed by atoms with E-state index in [1.165, 1.54) is 23.7 Å². The lowest BCUT2D eigenvalue weighted by Crippen LogP contribution is -3.06. The molecule has 6 saturated carbocycles. The summed E-state index contributed by atoms with van der Waals surface area (Å²) in [5.41, 5.74) is 9.86. The molecule has 4 N–H and O–H groups in total. The van der Waals surface area contributed by atoms with Crippen molar-refractivity contribution >= 4 is 11.8 Å². The zero-order valence-corrected chi connectivity index (χ0v) is 25.7. The first kappa shape index (κ1) is 28.5. The summed E-state index contributed by atoms with van der Waals surface area (Å²) in [6.45, 7) is 5.25. The van der Waals surface area contributed by atoms with Crippen LogP contribution in [0, 0.1) is 52.7 Å². The summed E-state index contributed by atoms with van der Waals surface area (Å²) < 4.78 is 14.3. The molecule has 0 spiro atoms. The Labute approximate surface area is 266 Å². The predicted octanol–water partition coefficient (Wildman–Crippen LogP) is 3.84. The van der Waals surface area contributed by atoms with Crippen LogP contribution in [0.4, 0.5) is 4.39 Å². The first-order chi connectivity index (χ1) is 22.3. The Morgan fingerprint density at radius 3 is 2.20 bits per heavy atom. The zero-order chi connectivity index (χ0) is 31.5. The molecule has 0 unspecified atom stereocenters. The first-order valence-corrected chi connectivity index (χ1v) is 16.4. The third-order valence-corrected chi connectivity index (χ3v) is 12.9. The lowest BCUT2D eigenvalue weighted by Gasteiger charge is -3.08. The van der Waals surface area contributed by atoms with Gasteiger partial charge in [0.1, 0.15) is 5.82 Å². The van der Waals surface area contributed by atoms with Gasteiger partial charge in [0.05, 0.1) is 0 Å². The van der Waals surface area contributed by atoms with E-state index in [1.54, 1.807) is 23.1 Å². The minimum Gasteiger partial charge on any atom is -0.298 e. The van der Waals surface area contributed by atoms with Gasteiger partial charge in [-0.05, 0) is 105 Å². The van der Waals surface area contributed by atoms with Crippen LogP contribution in [-0.4, -0.2) is 57.3 Å². The molecule has 6 aliphatic carbocycles. The van der Waals surface area contributed by atoms with Gasteiger partial charge in [0.2, 0.25) is 0 Å². The predicted molar refractivity (Wildman–Crippen MR) is 164 cm³/mol. The Bertz CT molecular complexity index is 1720. The van der Waals surface area contributed by atoms with Gasteiger partial charge in [-0.1, -0.05) is 36.4 Å². The normalized spacial score (nSPS) is 33.6. The molecule has 6 fully saturated rings. The topological polar surface area (TPSA) is 108 Å². The molecule has 0 atom stereocenters. The number of halogens is 1. The minimum atomic E-state index is -0.643. The Kier molecular flexibility index (Phi) is 6.31. The van der Waals surface area contributed by atoms with Crippen LogP contribution in [0.25, 0.3) is 0 Å². The Hall–Kier alpha value is -3.67. The molecule has 0 saturated heterocycles. The number of carbonyl (C=O) groups is 2. The molecule has 0 radical (unpaired) electrons. The summed E-state index contributed by atoms with van der Waals surface area (Å²) >= 11 is 0. The number of nitrogens with one attached hydrogen (secondary N) is 2. The number of hydrazine groups is 1. The molecule has 11 rings (SSSR count). The van der Waals surface area contributed by atoms with Gasteiger partial charge < -0.3 is 0 Å². The number of hydrogen-bond donors (Lipinski definition) is 4. The standard InChI is InChI=1S/C19H19FN2O2.C17H19N3O2/c20-10-4-7(18(23)21-24)3-8-5-22(2-1-9(8)10)6-19-15-12-11-13(15)17(19)14(11)16(12)19;1-19-11-16-9-14(17(21)18-22)7-8-15(16)12-20(19)10-13-5-3-2-4-6-13/h3-4,11-17,24H,1-2,5-6H2,(H,21,23);2-9,22H,10-12H2,1H3,(H,18,21). The van der Waals surface area contributed by atoms with Crippen LogP contribution in [0.5, 0.6) is 0 Å². The lowest BCUT2D eigenvalue weighted by atomic mass is 8.96. The summed E-state index contributed by atoms with van der Waals surface area (Å²) in [7, 11) is 2.05. The molecule has 46 heavy (non-hydrogen) atoms. The summed E-state index contributed by atoms with van der Waals surface area (Å²) in [6.07, 6.45) is 0.719. The highest BCUT2D eigenvalue weighted by Crippen LogP contribution is 3.05. The quantitative estimate of drug-likeness (QED) is 0.244. The lowest BCUT2D eigenvalue weighted by molar-refractivity contribution is -0.615. The van der Waals surface area contributed by atoms with Crippen molar-refractivity contribution in [1.82, 2.24) is 25.9 Å². The monoisotopic (exact) mass is 623 g/mol. The Morgan fingerprint density at radius 1 is 0.826 bits per heavy atom. The second-order valence-electron chi connectivity index (χ2n) is 14.5. The Balaban J connectivity index is 0.000000128. The van der Waals surface area contributed by atoms with Crippen LogP contribution >= 0.6 is 0 Å². The number of benzene rings is 3. The maximum atomic E-state index is 14.3. The molecule has 8 aliphatic rings. The molecular formula is C36H38FN5O4. The van der Waals surface area contributed by atoms with Gasteiger partial charge in [-0.15, -0.1) is 0 Å². The third-order valence-electron chi connectivity index (χ3n) is 12.9. The van der Waals surface area contributed by atoms with Crippen molar-refractivity contribution < 1.29 is 24.4 Å². The van der Waals surface area contributed by atoms with Crippen molar-refractivity contribution in [3.8, 4) is 0 Å². The molecule has 9 nitrogen and oxygen atoms in total. The van der Waals surface area contributed by atoms with E-state index in [9.17, 15) is 14.0 Å². The number of hydrogen-bond acceptors (Lipinski definition) is 7. The molecule has 0 aromatic heterocycles. The van der Waals surface area contributed by atoms with E-state index in [2.05, 4.69) is 27.1 Å². The Morgan fingerprint density at radius 2 is 1.50 bits per heavy atom. The van der Waals surface area contributed by atoms with Gasteiger partial charge in [0.25, 0.3) is 11.8 Å². The van der Waals surface area contributed by atoms with E-state index >= 15 is 0 Å². The molecule has 2 aliphatic heterocycles. The molecule has 0 bridgehead atoms. The number of rotatable bonds is 6. The van der Waals surface area contributed by atoms with E-state index in [4.69, 9.17) is 10.4 Å². The van der Waals surface area contributed by atoms with Gasteiger partial charge in [0.15, 0.2) is 0 Å². The van der Waals surface area contributed by atoms with Crippen molar-refractivity contribution in [2.24, 2.45) is 46.8 Å². The number of amides is 2. The molecular weight excluding hydrogens is 585 g/mol. The van der Waals surface area contributed by atoms with Crippen molar-refractivity contribution in [2.75, 3.05) is 20.1 Å². The zero-order valence-electron chi connectivity index (χ0n) is 25.7. The van der Waals surface area contributed by atoms with Crippen LogP contribution in [-0.2, 0) is 32.6 Å². The average Bonchev–Trinajstić information content (AvgIpc) is 3.08. The van der Waals surface area contributed by atoms with Gasteiger partial charge >= 0.3 is 0 Å². The van der Waals surface area contributed by atoms with Crippen LogP contribution in [0.3, 0.4) is 0 Å². The number of hydroxylamine groups is 2.